The van der Waals surface area contributed by atoms with Crippen molar-refractivity contribution in [1.82, 2.24) is 34.9 Å². The first-order valence-electron chi connectivity index (χ1n) is 14.7. The smallest absolute Gasteiger partial charge is 0.317 e. The molecule has 4 fully saturated rings. The van der Waals surface area contributed by atoms with E-state index in [4.69, 9.17) is 10.1 Å². The predicted octanol–water partition coefficient (Wildman–Crippen LogP) is 4.40. The lowest BCUT2D eigenvalue weighted by molar-refractivity contribution is 0.131. The second-order valence-electron chi connectivity index (χ2n) is 11.7. The van der Waals surface area contributed by atoms with Crippen molar-refractivity contribution in [2.24, 2.45) is 0 Å². The van der Waals surface area contributed by atoms with Gasteiger partial charge in [-0.25, -0.2) is 9.78 Å². The molecular formula is C28H43N9O. The van der Waals surface area contributed by atoms with Gasteiger partial charge in [-0.15, -0.1) is 0 Å². The van der Waals surface area contributed by atoms with Gasteiger partial charge < -0.3 is 25.8 Å². The van der Waals surface area contributed by atoms with E-state index < -0.39 is 0 Å². The lowest BCUT2D eigenvalue weighted by atomic mass is 9.98. The number of rotatable bonds is 10. The van der Waals surface area contributed by atoms with E-state index in [1.807, 2.05) is 11.1 Å². The maximum atomic E-state index is 12.1. The van der Waals surface area contributed by atoms with Gasteiger partial charge in [-0.1, -0.05) is 0 Å². The molecule has 4 aliphatic rings. The summed E-state index contributed by atoms with van der Waals surface area (Å²) < 4.78 is 2.18. The van der Waals surface area contributed by atoms with Crippen LogP contribution in [0.1, 0.15) is 87.4 Å². The number of carbonyl (C=O) groups is 1. The van der Waals surface area contributed by atoms with E-state index in [1.54, 1.807) is 0 Å². The average molecular weight is 522 g/mol. The monoisotopic (exact) mass is 521 g/mol. The summed E-state index contributed by atoms with van der Waals surface area (Å²) in [6.07, 6.45) is 15.7. The third kappa shape index (κ3) is 5.60. The number of carbonyl (C=O) groups excluding carboxylic acids is 1. The Bertz CT molecular complexity index is 1120. The van der Waals surface area contributed by atoms with Gasteiger partial charge in [0.2, 0.25) is 5.95 Å². The zero-order valence-corrected chi connectivity index (χ0v) is 23.0. The SMILES string of the molecule is Cc1nn(C2CC3CCC(C2)N3C)cc1Nc1ncc(C2CC2)c(NCCCCN2CCCCNC2=O)n1. The van der Waals surface area contributed by atoms with Crippen LogP contribution in [0.3, 0.4) is 0 Å². The standard InChI is InChI=1S/C28H43N9O/c1-19-25(18-37(34-19)23-15-21-9-10-22(16-23)35(21)2)32-27-31-17-24(20-7-8-20)26(33-27)29-11-3-5-13-36-14-6-4-12-30-28(36)38/h17-18,20-23H,3-16H2,1-2H3,(H,30,38)(H2,29,31,32,33). The third-order valence-corrected chi connectivity index (χ3v) is 9.01. The van der Waals surface area contributed by atoms with Gasteiger partial charge in [0, 0.05) is 56.2 Å². The maximum Gasteiger partial charge on any atom is 0.317 e. The van der Waals surface area contributed by atoms with Crippen LogP contribution in [0.2, 0.25) is 0 Å². The summed E-state index contributed by atoms with van der Waals surface area (Å²) >= 11 is 0. The van der Waals surface area contributed by atoms with Gasteiger partial charge in [0.05, 0.1) is 17.4 Å². The fraction of sp³-hybridized carbons (Fsp3) is 0.714. The number of amides is 2. The molecule has 2 aromatic heterocycles. The molecule has 0 spiro atoms. The van der Waals surface area contributed by atoms with E-state index >= 15 is 0 Å². The normalized spacial score (nSPS) is 25.8. The van der Waals surface area contributed by atoms with Crippen molar-refractivity contribution in [3.63, 3.8) is 0 Å². The van der Waals surface area contributed by atoms with E-state index in [0.29, 0.717) is 30.0 Å². The summed E-state index contributed by atoms with van der Waals surface area (Å²) in [4.78, 5) is 26.2. The molecule has 0 aromatic carbocycles. The molecule has 10 heteroatoms. The Morgan fingerprint density at radius 1 is 1.08 bits per heavy atom. The minimum absolute atomic E-state index is 0.0831. The Hall–Kier alpha value is -2.88. The van der Waals surface area contributed by atoms with Crippen molar-refractivity contribution in [2.75, 3.05) is 43.9 Å². The van der Waals surface area contributed by atoms with Crippen molar-refractivity contribution >= 4 is 23.5 Å². The van der Waals surface area contributed by atoms with Gasteiger partial charge >= 0.3 is 6.03 Å². The van der Waals surface area contributed by atoms with Gasteiger partial charge in [-0.3, -0.25) is 4.68 Å². The third-order valence-electron chi connectivity index (χ3n) is 9.01. The van der Waals surface area contributed by atoms with Gasteiger partial charge in [0.1, 0.15) is 5.82 Å². The molecule has 6 rings (SSSR count). The Labute approximate surface area is 226 Å². The van der Waals surface area contributed by atoms with E-state index in [1.165, 1.54) is 44.1 Å². The topological polar surface area (TPSA) is 103 Å². The first-order chi connectivity index (χ1) is 18.5. The molecule has 2 amide bonds. The first-order valence-corrected chi connectivity index (χ1v) is 14.7. The Morgan fingerprint density at radius 3 is 2.68 bits per heavy atom. The number of nitrogens with zero attached hydrogens (tertiary/aromatic N) is 6. The van der Waals surface area contributed by atoms with Crippen LogP contribution in [-0.2, 0) is 0 Å². The van der Waals surface area contributed by atoms with Crippen LogP contribution in [0.25, 0.3) is 0 Å². The lowest BCUT2D eigenvalue weighted by Crippen LogP contribution is -2.40. The Balaban J connectivity index is 1.06. The molecule has 2 bridgehead atoms. The molecule has 1 saturated carbocycles. The van der Waals surface area contributed by atoms with Crippen LogP contribution in [0.15, 0.2) is 12.4 Å². The van der Waals surface area contributed by atoms with Gasteiger partial charge in [-0.2, -0.15) is 10.1 Å². The highest BCUT2D eigenvalue weighted by molar-refractivity contribution is 5.74. The van der Waals surface area contributed by atoms with Crippen molar-refractivity contribution in [3.8, 4) is 0 Å². The summed E-state index contributed by atoms with van der Waals surface area (Å²) in [5.74, 6) is 2.12. The lowest BCUT2D eigenvalue weighted by Gasteiger charge is -2.36. The maximum absolute atomic E-state index is 12.1. The molecule has 206 valence electrons. The van der Waals surface area contributed by atoms with Crippen LogP contribution >= 0.6 is 0 Å². The number of anilines is 3. The molecule has 2 atom stereocenters. The quantitative estimate of drug-likeness (QED) is 0.398. The van der Waals surface area contributed by atoms with Crippen molar-refractivity contribution in [1.29, 1.82) is 0 Å². The van der Waals surface area contributed by atoms with Crippen molar-refractivity contribution < 1.29 is 4.79 Å². The molecule has 38 heavy (non-hydrogen) atoms. The number of aryl methyl sites for hydroxylation is 1. The molecule has 3 saturated heterocycles. The predicted molar refractivity (Wildman–Crippen MR) is 149 cm³/mol. The van der Waals surface area contributed by atoms with Crippen LogP contribution in [0.4, 0.5) is 22.2 Å². The highest BCUT2D eigenvalue weighted by atomic mass is 16.2. The number of aromatic nitrogens is 4. The first kappa shape index (κ1) is 25.4. The number of hydrogen-bond donors (Lipinski definition) is 3. The zero-order valence-electron chi connectivity index (χ0n) is 23.0. The zero-order chi connectivity index (χ0) is 26.1. The second kappa shape index (κ2) is 11.1. The Kier molecular flexibility index (Phi) is 7.41. The number of piperidine rings is 1. The van der Waals surface area contributed by atoms with E-state index in [-0.39, 0.29) is 6.03 Å². The number of fused-ring (bicyclic) bond motifs is 2. The molecular weight excluding hydrogens is 478 g/mol. The van der Waals surface area contributed by atoms with Crippen LogP contribution in [-0.4, -0.2) is 80.9 Å². The van der Waals surface area contributed by atoms with Gasteiger partial charge in [0.25, 0.3) is 0 Å². The van der Waals surface area contributed by atoms with Gasteiger partial charge in [0.15, 0.2) is 0 Å². The molecule has 5 heterocycles. The molecule has 1 aliphatic carbocycles. The van der Waals surface area contributed by atoms with Gasteiger partial charge in [-0.05, 0) is 84.1 Å². The van der Waals surface area contributed by atoms with E-state index in [9.17, 15) is 4.79 Å². The summed E-state index contributed by atoms with van der Waals surface area (Å²) in [5.41, 5.74) is 3.19. The average Bonchev–Trinajstić information content (AvgIpc) is 3.69. The summed E-state index contributed by atoms with van der Waals surface area (Å²) in [6, 6.07) is 1.93. The number of urea groups is 1. The fourth-order valence-corrected chi connectivity index (χ4v) is 6.48. The van der Waals surface area contributed by atoms with Crippen molar-refractivity contribution in [2.45, 2.75) is 95.2 Å². The number of hydrogen-bond acceptors (Lipinski definition) is 7. The second-order valence-corrected chi connectivity index (χ2v) is 11.7. The highest BCUT2D eigenvalue weighted by Crippen LogP contribution is 2.43. The molecule has 0 radical (unpaired) electrons. The van der Waals surface area contributed by atoms with Crippen LogP contribution in [0.5, 0.6) is 0 Å². The molecule has 3 aliphatic heterocycles. The molecule has 3 N–H and O–H groups in total. The summed E-state index contributed by atoms with van der Waals surface area (Å²) in [6.45, 7) is 5.36. The van der Waals surface area contributed by atoms with E-state index in [0.717, 1.165) is 69.1 Å². The number of unbranched alkanes of at least 4 members (excludes halogenated alkanes) is 1. The minimum atomic E-state index is 0.0831. The summed E-state index contributed by atoms with van der Waals surface area (Å²) in [5, 5.41) is 14.9. The number of nitrogens with one attached hydrogen (secondary N) is 3. The van der Waals surface area contributed by atoms with Crippen LogP contribution < -0.4 is 16.0 Å². The molecule has 10 nitrogen and oxygen atoms in total. The van der Waals surface area contributed by atoms with E-state index in [2.05, 4.69) is 50.7 Å². The largest absolute Gasteiger partial charge is 0.370 e. The Morgan fingerprint density at radius 2 is 1.89 bits per heavy atom. The molecule has 2 aromatic rings. The van der Waals surface area contributed by atoms with Crippen molar-refractivity contribution in [3.05, 3.63) is 23.7 Å². The highest BCUT2D eigenvalue weighted by Gasteiger charge is 2.39. The molecule has 2 unspecified atom stereocenters. The minimum Gasteiger partial charge on any atom is -0.370 e. The van der Waals surface area contributed by atoms with Crippen LogP contribution in [0, 0.1) is 6.92 Å². The summed E-state index contributed by atoms with van der Waals surface area (Å²) in [7, 11) is 2.28. The fourth-order valence-electron chi connectivity index (χ4n) is 6.48.